The number of imidazole rings is 1. The summed E-state index contributed by atoms with van der Waals surface area (Å²) in [6.45, 7) is 3.99. The molecule has 1 saturated carbocycles. The van der Waals surface area contributed by atoms with E-state index in [9.17, 15) is 4.79 Å². The smallest absolute Gasteiger partial charge is 0.270 e. The summed E-state index contributed by atoms with van der Waals surface area (Å²) < 4.78 is 7.43. The molecule has 0 radical (unpaired) electrons. The first-order chi connectivity index (χ1) is 11.0. The zero-order valence-corrected chi connectivity index (χ0v) is 14.5. The second kappa shape index (κ2) is 6.13. The number of rotatable bonds is 5. The highest BCUT2D eigenvalue weighted by Gasteiger charge is 2.43. The van der Waals surface area contributed by atoms with Crippen LogP contribution >= 0.6 is 11.6 Å². The number of methoxy groups -OCH3 is 1. The number of carbonyl (C=O) groups excluding carboxylic acids is 1. The first kappa shape index (κ1) is 16.3. The number of nitrogens with zero attached hydrogens (tertiary/aromatic N) is 2. The number of hydrogen-bond acceptors (Lipinski definition) is 3. The highest BCUT2D eigenvalue weighted by molar-refractivity contribution is 6.30. The third-order valence-corrected chi connectivity index (χ3v) is 5.17. The molecule has 5 nitrogen and oxygen atoms in total. The number of ether oxygens (including phenoxy) is 1. The van der Waals surface area contributed by atoms with Gasteiger partial charge in [0.2, 0.25) is 0 Å². The first-order valence-electron chi connectivity index (χ1n) is 8.03. The van der Waals surface area contributed by atoms with Crippen LogP contribution in [0.25, 0.3) is 5.65 Å². The van der Waals surface area contributed by atoms with Crippen molar-refractivity contribution in [2.24, 2.45) is 0 Å². The Bertz CT molecular complexity index is 731. The molecule has 1 aliphatic carbocycles. The number of aryl methyl sites for hydroxylation is 1. The van der Waals surface area contributed by atoms with Crippen LogP contribution in [-0.4, -0.2) is 34.0 Å². The van der Waals surface area contributed by atoms with Crippen molar-refractivity contribution in [3.63, 3.8) is 0 Å². The lowest BCUT2D eigenvalue weighted by Crippen LogP contribution is -2.56. The molecule has 1 fully saturated rings. The normalized spacial score (nSPS) is 17.7. The SMILES string of the molecule is CCc1nc2ccc(Cl)cn2c1C(=O)NC(C)C1(OC)CCC1. The fourth-order valence-electron chi connectivity index (χ4n) is 3.29. The molecule has 1 unspecified atom stereocenters. The summed E-state index contributed by atoms with van der Waals surface area (Å²) in [4.78, 5) is 17.4. The van der Waals surface area contributed by atoms with Crippen molar-refractivity contribution in [2.75, 3.05) is 7.11 Å². The van der Waals surface area contributed by atoms with Gasteiger partial charge in [-0.05, 0) is 44.7 Å². The number of pyridine rings is 1. The van der Waals surface area contributed by atoms with Crippen LogP contribution in [0.3, 0.4) is 0 Å². The molecule has 1 N–H and O–H groups in total. The molecule has 1 aliphatic rings. The molecule has 6 heteroatoms. The number of halogens is 1. The molecule has 0 aliphatic heterocycles. The highest BCUT2D eigenvalue weighted by Crippen LogP contribution is 2.38. The van der Waals surface area contributed by atoms with E-state index in [1.165, 1.54) is 0 Å². The van der Waals surface area contributed by atoms with E-state index in [4.69, 9.17) is 16.3 Å². The molecule has 124 valence electrons. The zero-order chi connectivity index (χ0) is 16.6. The van der Waals surface area contributed by atoms with E-state index >= 15 is 0 Å². The Labute approximate surface area is 141 Å². The molecule has 23 heavy (non-hydrogen) atoms. The van der Waals surface area contributed by atoms with Gasteiger partial charge in [0, 0.05) is 13.3 Å². The van der Waals surface area contributed by atoms with Crippen LogP contribution in [0.1, 0.15) is 49.3 Å². The van der Waals surface area contributed by atoms with Crippen LogP contribution in [0.4, 0.5) is 0 Å². The minimum atomic E-state index is -0.236. The van der Waals surface area contributed by atoms with E-state index < -0.39 is 0 Å². The molecule has 0 aromatic carbocycles. The van der Waals surface area contributed by atoms with Gasteiger partial charge in [-0.2, -0.15) is 0 Å². The Morgan fingerprint density at radius 1 is 1.52 bits per heavy atom. The second-order valence-electron chi connectivity index (χ2n) is 6.15. The largest absolute Gasteiger partial charge is 0.376 e. The standard InChI is InChI=1S/C17H22ClN3O2/c1-4-13-15(21-10-12(18)6-7-14(21)20-13)16(22)19-11(2)17(23-3)8-5-9-17/h6-7,10-11H,4-5,8-9H2,1-3H3,(H,19,22). The number of hydrogen-bond donors (Lipinski definition) is 1. The van der Waals surface area contributed by atoms with Crippen molar-refractivity contribution < 1.29 is 9.53 Å². The molecule has 0 saturated heterocycles. The lowest BCUT2D eigenvalue weighted by molar-refractivity contribution is -0.0919. The first-order valence-corrected chi connectivity index (χ1v) is 8.41. The van der Waals surface area contributed by atoms with Crippen LogP contribution in [-0.2, 0) is 11.2 Å². The van der Waals surface area contributed by atoms with E-state index in [0.717, 1.165) is 30.6 Å². The maximum Gasteiger partial charge on any atom is 0.270 e. The average molecular weight is 336 g/mol. The minimum Gasteiger partial charge on any atom is -0.376 e. The Morgan fingerprint density at radius 3 is 2.83 bits per heavy atom. The molecule has 1 amide bonds. The monoisotopic (exact) mass is 335 g/mol. The summed E-state index contributed by atoms with van der Waals surface area (Å²) in [7, 11) is 1.72. The van der Waals surface area contributed by atoms with E-state index in [-0.39, 0.29) is 17.6 Å². The fourth-order valence-corrected chi connectivity index (χ4v) is 3.45. The number of fused-ring (bicyclic) bond motifs is 1. The molecular weight excluding hydrogens is 314 g/mol. The topological polar surface area (TPSA) is 55.6 Å². The third-order valence-electron chi connectivity index (χ3n) is 4.95. The van der Waals surface area contributed by atoms with E-state index in [2.05, 4.69) is 10.3 Å². The molecule has 3 rings (SSSR count). The van der Waals surface area contributed by atoms with Gasteiger partial charge in [-0.15, -0.1) is 0 Å². The van der Waals surface area contributed by atoms with Gasteiger partial charge in [0.1, 0.15) is 11.3 Å². The highest BCUT2D eigenvalue weighted by atomic mass is 35.5. The summed E-state index contributed by atoms with van der Waals surface area (Å²) in [5.41, 5.74) is 1.83. The van der Waals surface area contributed by atoms with E-state index in [1.807, 2.05) is 19.9 Å². The van der Waals surface area contributed by atoms with Gasteiger partial charge in [0.15, 0.2) is 0 Å². The van der Waals surface area contributed by atoms with Crippen molar-refractivity contribution in [2.45, 2.75) is 51.2 Å². The van der Waals surface area contributed by atoms with Crippen molar-refractivity contribution in [1.29, 1.82) is 0 Å². The maximum atomic E-state index is 12.9. The Hall–Kier alpha value is -1.59. The third kappa shape index (κ3) is 2.72. The second-order valence-corrected chi connectivity index (χ2v) is 6.59. The molecular formula is C17H22ClN3O2. The minimum absolute atomic E-state index is 0.0526. The zero-order valence-electron chi connectivity index (χ0n) is 13.7. The lowest BCUT2D eigenvalue weighted by atomic mass is 9.75. The number of amides is 1. The molecule has 1 atom stereocenters. The fraction of sp³-hybridized carbons (Fsp3) is 0.529. The number of aromatic nitrogens is 2. The summed E-state index contributed by atoms with van der Waals surface area (Å²) in [6.07, 6.45) is 5.51. The van der Waals surface area contributed by atoms with Crippen LogP contribution in [0.15, 0.2) is 18.3 Å². The predicted octanol–water partition coefficient (Wildman–Crippen LogP) is 3.24. The van der Waals surface area contributed by atoms with Gasteiger partial charge in [0.05, 0.1) is 22.4 Å². The summed E-state index contributed by atoms with van der Waals surface area (Å²) in [5.74, 6) is -0.132. The quantitative estimate of drug-likeness (QED) is 0.912. The number of carbonyl (C=O) groups is 1. The van der Waals surface area contributed by atoms with E-state index in [0.29, 0.717) is 17.1 Å². The molecule has 2 aromatic heterocycles. The summed E-state index contributed by atoms with van der Waals surface area (Å²) >= 11 is 6.08. The number of nitrogens with one attached hydrogen (secondary N) is 1. The van der Waals surface area contributed by atoms with Crippen molar-refractivity contribution >= 4 is 23.2 Å². The van der Waals surface area contributed by atoms with Crippen molar-refractivity contribution in [3.8, 4) is 0 Å². The molecule has 2 heterocycles. The molecule has 0 spiro atoms. The van der Waals surface area contributed by atoms with Crippen LogP contribution in [0.2, 0.25) is 5.02 Å². The van der Waals surface area contributed by atoms with Crippen LogP contribution in [0, 0.1) is 0 Å². The average Bonchev–Trinajstić information content (AvgIpc) is 2.84. The van der Waals surface area contributed by atoms with Gasteiger partial charge in [-0.3, -0.25) is 9.20 Å². The maximum absolute atomic E-state index is 12.9. The molecule has 0 bridgehead atoms. The lowest BCUT2D eigenvalue weighted by Gasteiger charge is -2.45. The molecule has 2 aromatic rings. The van der Waals surface area contributed by atoms with Gasteiger partial charge < -0.3 is 10.1 Å². The Kier molecular flexibility index (Phi) is 4.34. The summed E-state index contributed by atoms with van der Waals surface area (Å²) in [6, 6.07) is 3.55. The van der Waals surface area contributed by atoms with Gasteiger partial charge in [-0.1, -0.05) is 18.5 Å². The predicted molar refractivity (Wildman–Crippen MR) is 90.1 cm³/mol. The van der Waals surface area contributed by atoms with Gasteiger partial charge >= 0.3 is 0 Å². The van der Waals surface area contributed by atoms with E-state index in [1.54, 1.807) is 23.8 Å². The van der Waals surface area contributed by atoms with Crippen LogP contribution in [0.5, 0.6) is 0 Å². The van der Waals surface area contributed by atoms with Crippen LogP contribution < -0.4 is 5.32 Å². The van der Waals surface area contributed by atoms with Crippen molar-refractivity contribution in [1.82, 2.24) is 14.7 Å². The van der Waals surface area contributed by atoms with Gasteiger partial charge in [-0.25, -0.2) is 4.98 Å². The van der Waals surface area contributed by atoms with Gasteiger partial charge in [0.25, 0.3) is 5.91 Å². The van der Waals surface area contributed by atoms with Crippen molar-refractivity contribution in [3.05, 3.63) is 34.7 Å². The Morgan fingerprint density at radius 2 is 2.26 bits per heavy atom. The summed E-state index contributed by atoms with van der Waals surface area (Å²) in [5, 5.41) is 3.67. The Balaban J connectivity index is 1.92.